The fourth-order valence-corrected chi connectivity index (χ4v) is 3.66. The molecule has 2 aliphatic rings. The van der Waals surface area contributed by atoms with Crippen molar-refractivity contribution in [3.63, 3.8) is 0 Å². The van der Waals surface area contributed by atoms with Crippen molar-refractivity contribution < 1.29 is 23.9 Å². The van der Waals surface area contributed by atoms with E-state index < -0.39 is 18.1 Å². The van der Waals surface area contributed by atoms with Gasteiger partial charge in [0.2, 0.25) is 6.41 Å². The van der Waals surface area contributed by atoms with E-state index in [1.54, 1.807) is 0 Å². The van der Waals surface area contributed by atoms with Gasteiger partial charge in [0.1, 0.15) is 6.61 Å². The van der Waals surface area contributed by atoms with Crippen molar-refractivity contribution in [1.29, 1.82) is 0 Å². The molecule has 1 heterocycles. The van der Waals surface area contributed by atoms with Gasteiger partial charge < -0.3 is 14.8 Å². The molecule has 4 rings (SSSR count). The summed E-state index contributed by atoms with van der Waals surface area (Å²) in [5.41, 5.74) is 4.50. The Balaban J connectivity index is 1.49. The topological polar surface area (TPSA) is 84.9 Å². The summed E-state index contributed by atoms with van der Waals surface area (Å²) in [5, 5.41) is 2.40. The van der Waals surface area contributed by atoms with Gasteiger partial charge in [0, 0.05) is 12.5 Å². The van der Waals surface area contributed by atoms with Crippen LogP contribution in [-0.4, -0.2) is 49.3 Å². The minimum atomic E-state index is -0.870. The molecule has 0 spiro atoms. The molecule has 0 unspecified atom stereocenters. The maximum atomic E-state index is 12.5. The summed E-state index contributed by atoms with van der Waals surface area (Å²) >= 11 is 0. The SMILES string of the molecule is O=CNC[C@H]1C(=O)OCN1C(=O)OCC1c2ccccc2-c2ccccc21. The molecule has 1 atom stereocenters. The van der Waals surface area contributed by atoms with Crippen LogP contribution in [0.5, 0.6) is 0 Å². The molecule has 1 aliphatic carbocycles. The number of cyclic esters (lactones) is 1. The van der Waals surface area contributed by atoms with E-state index in [0.29, 0.717) is 6.41 Å². The summed E-state index contributed by atoms with van der Waals surface area (Å²) in [5.74, 6) is -0.620. The molecular formula is C20H18N2O5. The zero-order chi connectivity index (χ0) is 18.8. The van der Waals surface area contributed by atoms with Crippen molar-refractivity contribution in [2.75, 3.05) is 19.9 Å². The maximum absolute atomic E-state index is 12.5. The molecule has 7 heteroatoms. The molecule has 7 nitrogen and oxygen atoms in total. The number of amides is 2. The van der Waals surface area contributed by atoms with Crippen LogP contribution in [-0.2, 0) is 19.1 Å². The molecule has 0 bridgehead atoms. The van der Waals surface area contributed by atoms with Gasteiger partial charge in [-0.2, -0.15) is 0 Å². The second-order valence-electron chi connectivity index (χ2n) is 6.41. The van der Waals surface area contributed by atoms with Crippen molar-refractivity contribution in [3.8, 4) is 11.1 Å². The van der Waals surface area contributed by atoms with Crippen LogP contribution in [0, 0.1) is 0 Å². The molecule has 1 fully saturated rings. The molecule has 138 valence electrons. The number of nitrogens with zero attached hydrogens (tertiary/aromatic N) is 1. The number of rotatable bonds is 5. The third kappa shape index (κ3) is 3.01. The lowest BCUT2D eigenvalue weighted by molar-refractivity contribution is -0.139. The summed E-state index contributed by atoms with van der Waals surface area (Å²) in [7, 11) is 0. The molecular weight excluding hydrogens is 348 g/mol. The van der Waals surface area contributed by atoms with Gasteiger partial charge in [-0.25, -0.2) is 9.59 Å². The van der Waals surface area contributed by atoms with Crippen LogP contribution >= 0.6 is 0 Å². The molecule has 0 saturated carbocycles. The van der Waals surface area contributed by atoms with E-state index in [2.05, 4.69) is 17.4 Å². The maximum Gasteiger partial charge on any atom is 0.413 e. The lowest BCUT2D eigenvalue weighted by Gasteiger charge is -2.21. The van der Waals surface area contributed by atoms with Crippen molar-refractivity contribution in [2.24, 2.45) is 0 Å². The second kappa shape index (κ2) is 7.11. The number of nitrogens with one attached hydrogen (secondary N) is 1. The van der Waals surface area contributed by atoms with Gasteiger partial charge in [-0.3, -0.25) is 9.69 Å². The molecule has 2 aromatic carbocycles. The normalized spacial score (nSPS) is 17.9. The molecule has 0 aromatic heterocycles. The summed E-state index contributed by atoms with van der Waals surface area (Å²) < 4.78 is 10.4. The van der Waals surface area contributed by atoms with E-state index in [-0.39, 0.29) is 25.8 Å². The first-order valence-electron chi connectivity index (χ1n) is 8.66. The monoisotopic (exact) mass is 366 g/mol. The number of esters is 1. The Morgan fingerprint density at radius 1 is 1.15 bits per heavy atom. The second-order valence-corrected chi connectivity index (χ2v) is 6.41. The van der Waals surface area contributed by atoms with Crippen LogP contribution in [0.15, 0.2) is 48.5 Å². The van der Waals surface area contributed by atoms with Gasteiger partial charge in [0.15, 0.2) is 12.8 Å². The van der Waals surface area contributed by atoms with E-state index in [1.807, 2.05) is 36.4 Å². The Hall–Kier alpha value is -3.35. The molecule has 0 radical (unpaired) electrons. The number of ether oxygens (including phenoxy) is 2. The predicted molar refractivity (Wildman–Crippen MR) is 95.7 cm³/mol. The number of fused-ring (bicyclic) bond motifs is 3. The first-order valence-corrected chi connectivity index (χ1v) is 8.66. The fraction of sp³-hybridized carbons (Fsp3) is 0.250. The van der Waals surface area contributed by atoms with E-state index in [9.17, 15) is 14.4 Å². The van der Waals surface area contributed by atoms with Gasteiger partial charge in [-0.05, 0) is 22.3 Å². The van der Waals surface area contributed by atoms with Crippen LogP contribution < -0.4 is 5.32 Å². The average molecular weight is 366 g/mol. The Kier molecular flexibility index (Phi) is 4.50. The first kappa shape index (κ1) is 17.1. The standard InChI is InChI=1S/C20H18N2O5/c23-11-21-9-18-19(24)27-12-22(18)20(25)26-10-17-15-7-3-1-5-13(15)14-6-2-4-8-16(14)17/h1-8,11,17-18H,9-10,12H2,(H,21,23)/t18-/m0/s1. The third-order valence-corrected chi connectivity index (χ3v) is 4.96. The van der Waals surface area contributed by atoms with E-state index in [1.165, 1.54) is 4.90 Å². The van der Waals surface area contributed by atoms with Crippen molar-refractivity contribution in [3.05, 3.63) is 59.7 Å². The minimum absolute atomic E-state index is 0.00741. The fourth-order valence-electron chi connectivity index (χ4n) is 3.66. The molecule has 2 aromatic rings. The summed E-state index contributed by atoms with van der Waals surface area (Å²) in [6.07, 6.45) is -0.165. The molecule has 27 heavy (non-hydrogen) atoms. The van der Waals surface area contributed by atoms with E-state index in [4.69, 9.17) is 9.47 Å². The Labute approximate surface area is 155 Å². The lowest BCUT2D eigenvalue weighted by Crippen LogP contribution is -2.44. The van der Waals surface area contributed by atoms with Crippen LogP contribution in [0.25, 0.3) is 11.1 Å². The van der Waals surface area contributed by atoms with Crippen molar-refractivity contribution in [2.45, 2.75) is 12.0 Å². The summed E-state index contributed by atoms with van der Waals surface area (Å²) in [6.45, 7) is -0.0291. The molecule has 2 amide bonds. The van der Waals surface area contributed by atoms with Crippen molar-refractivity contribution >= 4 is 18.5 Å². The van der Waals surface area contributed by atoms with Crippen LogP contribution in [0.4, 0.5) is 4.79 Å². The highest BCUT2D eigenvalue weighted by Gasteiger charge is 2.39. The number of hydrogen-bond acceptors (Lipinski definition) is 5. The van der Waals surface area contributed by atoms with Gasteiger partial charge in [0.05, 0.1) is 0 Å². The summed E-state index contributed by atoms with van der Waals surface area (Å²) in [4.78, 5) is 35.9. The molecule has 1 N–H and O–H groups in total. The van der Waals surface area contributed by atoms with Gasteiger partial charge >= 0.3 is 12.1 Å². The van der Waals surface area contributed by atoms with E-state index >= 15 is 0 Å². The Morgan fingerprint density at radius 2 is 1.78 bits per heavy atom. The first-order chi connectivity index (χ1) is 13.2. The number of benzene rings is 2. The van der Waals surface area contributed by atoms with E-state index in [0.717, 1.165) is 22.3 Å². The van der Waals surface area contributed by atoms with Crippen molar-refractivity contribution in [1.82, 2.24) is 10.2 Å². The van der Waals surface area contributed by atoms with Crippen LogP contribution in [0.1, 0.15) is 17.0 Å². The highest BCUT2D eigenvalue weighted by Crippen LogP contribution is 2.44. The van der Waals surface area contributed by atoms with Crippen LogP contribution in [0.2, 0.25) is 0 Å². The van der Waals surface area contributed by atoms with Gasteiger partial charge in [-0.1, -0.05) is 48.5 Å². The third-order valence-electron chi connectivity index (χ3n) is 4.96. The Bertz CT molecular complexity index is 852. The number of hydrogen-bond donors (Lipinski definition) is 1. The number of carbonyl (C=O) groups is 3. The predicted octanol–water partition coefficient (Wildman–Crippen LogP) is 1.87. The van der Waals surface area contributed by atoms with Gasteiger partial charge in [-0.15, -0.1) is 0 Å². The molecule has 1 saturated heterocycles. The average Bonchev–Trinajstić information content (AvgIpc) is 3.22. The minimum Gasteiger partial charge on any atom is -0.448 e. The summed E-state index contributed by atoms with van der Waals surface area (Å²) in [6, 6.07) is 15.2. The van der Waals surface area contributed by atoms with Crippen LogP contribution in [0.3, 0.4) is 0 Å². The zero-order valence-corrected chi connectivity index (χ0v) is 14.5. The number of carbonyl (C=O) groups excluding carboxylic acids is 3. The largest absolute Gasteiger partial charge is 0.448 e. The zero-order valence-electron chi connectivity index (χ0n) is 14.5. The van der Waals surface area contributed by atoms with Gasteiger partial charge in [0.25, 0.3) is 0 Å². The highest BCUT2D eigenvalue weighted by molar-refractivity contribution is 5.84. The smallest absolute Gasteiger partial charge is 0.413 e. The molecule has 1 aliphatic heterocycles. The highest BCUT2D eigenvalue weighted by atomic mass is 16.6. The quantitative estimate of drug-likeness (QED) is 0.645. The Morgan fingerprint density at radius 3 is 2.41 bits per heavy atom. The lowest BCUT2D eigenvalue weighted by atomic mass is 9.98.